The first kappa shape index (κ1) is 21.7. The van der Waals surface area contributed by atoms with Crippen molar-refractivity contribution in [2.75, 3.05) is 19.6 Å². The minimum atomic E-state index is -0.130. The number of amides is 2. The lowest BCUT2D eigenvalue weighted by Gasteiger charge is -2.29. The van der Waals surface area contributed by atoms with Gasteiger partial charge in [0.1, 0.15) is 5.76 Å². The van der Waals surface area contributed by atoms with Gasteiger partial charge >= 0.3 is 0 Å². The van der Waals surface area contributed by atoms with Gasteiger partial charge in [-0.15, -0.1) is 0 Å². The Bertz CT molecular complexity index is 724. The van der Waals surface area contributed by atoms with Crippen LogP contribution in [0.5, 0.6) is 0 Å². The third-order valence-corrected chi connectivity index (χ3v) is 4.51. The topological polar surface area (TPSA) is 53.8 Å². The molecule has 0 unspecified atom stereocenters. The summed E-state index contributed by atoms with van der Waals surface area (Å²) in [7, 11) is 0. The van der Waals surface area contributed by atoms with Crippen LogP contribution in [0.3, 0.4) is 0 Å². The average molecular weight is 385 g/mol. The predicted octanol–water partition coefficient (Wildman–Crippen LogP) is 3.99. The Labute approximate surface area is 168 Å². The first-order valence-electron chi connectivity index (χ1n) is 9.99. The van der Waals surface area contributed by atoms with E-state index < -0.39 is 0 Å². The highest BCUT2D eigenvalue weighted by Gasteiger charge is 2.24. The Morgan fingerprint density at radius 2 is 1.68 bits per heavy atom. The molecule has 1 heterocycles. The number of rotatable bonds is 10. The van der Waals surface area contributed by atoms with Crippen LogP contribution in [0.25, 0.3) is 0 Å². The van der Waals surface area contributed by atoms with Gasteiger partial charge in [-0.1, -0.05) is 58.0 Å². The minimum absolute atomic E-state index is 0.0167. The highest BCUT2D eigenvalue weighted by molar-refractivity contribution is 5.85. The third kappa shape index (κ3) is 6.87. The molecule has 5 heteroatoms. The lowest BCUT2D eigenvalue weighted by atomic mass is 10.1. The monoisotopic (exact) mass is 384 g/mol. The van der Waals surface area contributed by atoms with Crippen molar-refractivity contribution >= 4 is 11.8 Å². The summed E-state index contributed by atoms with van der Waals surface area (Å²) in [5.41, 5.74) is 1.18. The summed E-state index contributed by atoms with van der Waals surface area (Å²) in [5, 5.41) is 0. The molecular formula is C23H32N2O3. The summed E-state index contributed by atoms with van der Waals surface area (Å²) < 4.78 is 5.45. The fraction of sp³-hybridized carbons (Fsp3) is 0.478. The molecule has 2 aromatic rings. The van der Waals surface area contributed by atoms with Gasteiger partial charge in [0.2, 0.25) is 11.8 Å². The van der Waals surface area contributed by atoms with E-state index in [0.717, 1.165) is 12.2 Å². The molecule has 0 radical (unpaired) electrons. The van der Waals surface area contributed by atoms with Gasteiger partial charge in [0.15, 0.2) is 0 Å². The fourth-order valence-corrected chi connectivity index (χ4v) is 3.09. The van der Waals surface area contributed by atoms with E-state index in [2.05, 4.69) is 26.0 Å². The number of hydrogen-bond acceptors (Lipinski definition) is 3. The first-order chi connectivity index (χ1) is 13.4. The zero-order valence-electron chi connectivity index (χ0n) is 17.4. The molecule has 0 atom stereocenters. The number of carbonyl (C=O) groups excluding carboxylic acids is 2. The number of furan rings is 1. The van der Waals surface area contributed by atoms with Crippen LogP contribution in [0.1, 0.15) is 39.0 Å². The number of nitrogens with zero attached hydrogens (tertiary/aromatic N) is 2. The molecule has 2 rings (SSSR count). The van der Waals surface area contributed by atoms with Gasteiger partial charge in [-0.2, -0.15) is 0 Å². The van der Waals surface area contributed by atoms with Crippen LogP contribution in [-0.4, -0.2) is 41.2 Å². The average Bonchev–Trinajstić information content (AvgIpc) is 3.17. The normalized spacial score (nSPS) is 11.1. The van der Waals surface area contributed by atoms with Crippen molar-refractivity contribution in [2.24, 2.45) is 11.8 Å². The van der Waals surface area contributed by atoms with Crippen LogP contribution >= 0.6 is 0 Å². The number of benzene rings is 1. The van der Waals surface area contributed by atoms with E-state index in [1.54, 1.807) is 16.1 Å². The zero-order valence-corrected chi connectivity index (χ0v) is 17.4. The molecule has 0 saturated heterocycles. The van der Waals surface area contributed by atoms with Crippen molar-refractivity contribution in [1.82, 2.24) is 9.80 Å². The Morgan fingerprint density at radius 3 is 2.25 bits per heavy atom. The molecular weight excluding hydrogens is 352 g/mol. The molecule has 28 heavy (non-hydrogen) atoms. The summed E-state index contributed by atoms with van der Waals surface area (Å²) in [6.45, 7) is 9.52. The third-order valence-electron chi connectivity index (χ3n) is 4.51. The molecule has 0 spiro atoms. The van der Waals surface area contributed by atoms with Crippen molar-refractivity contribution in [1.29, 1.82) is 0 Å². The molecule has 0 bridgehead atoms. The summed E-state index contributed by atoms with van der Waals surface area (Å²) in [6, 6.07) is 13.8. The summed E-state index contributed by atoms with van der Waals surface area (Å²) in [6.07, 6.45) is 2.37. The smallest absolute Gasteiger partial charge is 0.242 e. The van der Waals surface area contributed by atoms with Gasteiger partial charge in [0, 0.05) is 19.0 Å². The van der Waals surface area contributed by atoms with Gasteiger partial charge in [-0.05, 0) is 30.0 Å². The molecule has 0 N–H and O–H groups in total. The second-order valence-electron chi connectivity index (χ2n) is 7.90. The minimum Gasteiger partial charge on any atom is -0.467 e. The summed E-state index contributed by atoms with van der Waals surface area (Å²) in [5.74, 6) is 0.879. The Morgan fingerprint density at radius 1 is 0.964 bits per heavy atom. The van der Waals surface area contributed by atoms with Crippen LogP contribution in [0.2, 0.25) is 0 Å². The molecule has 2 amide bonds. The standard InChI is InChI=1S/C23H32N2O3/c1-18(2)15-25(23(27)19(3)4)17-22(26)24(16-21-11-8-14-28-21)13-12-20-9-6-5-7-10-20/h5-11,14,18-19H,12-13,15-17H2,1-4H3. The quantitative estimate of drug-likeness (QED) is 0.622. The van der Waals surface area contributed by atoms with Crippen molar-refractivity contribution in [3.63, 3.8) is 0 Å². The van der Waals surface area contributed by atoms with Gasteiger partial charge in [-0.25, -0.2) is 0 Å². The predicted molar refractivity (Wildman–Crippen MR) is 111 cm³/mol. The maximum atomic E-state index is 13.1. The molecule has 1 aromatic heterocycles. The van der Waals surface area contributed by atoms with Crippen molar-refractivity contribution < 1.29 is 14.0 Å². The number of carbonyl (C=O) groups is 2. The van der Waals surface area contributed by atoms with Crippen LogP contribution in [0.15, 0.2) is 53.1 Å². The second-order valence-corrected chi connectivity index (χ2v) is 7.90. The molecule has 0 aliphatic carbocycles. The van der Waals surface area contributed by atoms with Crippen LogP contribution in [0.4, 0.5) is 0 Å². The van der Waals surface area contributed by atoms with E-state index >= 15 is 0 Å². The van der Waals surface area contributed by atoms with E-state index in [4.69, 9.17) is 4.42 Å². The Hall–Kier alpha value is -2.56. The Balaban J connectivity index is 2.10. The van der Waals surface area contributed by atoms with Gasteiger partial charge in [-0.3, -0.25) is 9.59 Å². The van der Waals surface area contributed by atoms with Gasteiger partial charge in [0.05, 0.1) is 19.4 Å². The van der Waals surface area contributed by atoms with Gasteiger partial charge < -0.3 is 14.2 Å². The summed E-state index contributed by atoms with van der Waals surface area (Å²) in [4.78, 5) is 29.1. The van der Waals surface area contributed by atoms with E-state index in [1.807, 2.05) is 44.2 Å². The maximum absolute atomic E-state index is 13.1. The van der Waals surface area contributed by atoms with Gasteiger partial charge in [0.25, 0.3) is 0 Å². The lowest BCUT2D eigenvalue weighted by molar-refractivity contribution is -0.143. The van der Waals surface area contributed by atoms with E-state index in [-0.39, 0.29) is 24.3 Å². The molecule has 0 fully saturated rings. The van der Waals surface area contributed by atoms with E-state index in [0.29, 0.717) is 25.6 Å². The SMILES string of the molecule is CC(C)CN(CC(=O)N(CCc1ccccc1)Cc1ccco1)C(=O)C(C)C. The molecule has 5 nitrogen and oxygen atoms in total. The highest BCUT2D eigenvalue weighted by atomic mass is 16.3. The lowest BCUT2D eigenvalue weighted by Crippen LogP contribution is -2.45. The highest BCUT2D eigenvalue weighted by Crippen LogP contribution is 2.11. The van der Waals surface area contributed by atoms with Crippen molar-refractivity contribution in [2.45, 2.75) is 40.7 Å². The van der Waals surface area contributed by atoms with Crippen LogP contribution < -0.4 is 0 Å². The van der Waals surface area contributed by atoms with E-state index in [1.165, 1.54) is 5.56 Å². The molecule has 0 saturated carbocycles. The molecule has 0 aliphatic rings. The fourth-order valence-electron chi connectivity index (χ4n) is 3.09. The summed E-state index contributed by atoms with van der Waals surface area (Å²) >= 11 is 0. The zero-order chi connectivity index (χ0) is 20.5. The second kappa shape index (κ2) is 10.7. The maximum Gasteiger partial charge on any atom is 0.242 e. The van der Waals surface area contributed by atoms with Crippen LogP contribution in [0, 0.1) is 11.8 Å². The van der Waals surface area contributed by atoms with Crippen molar-refractivity contribution in [3.05, 3.63) is 60.1 Å². The van der Waals surface area contributed by atoms with Crippen molar-refractivity contribution in [3.8, 4) is 0 Å². The molecule has 152 valence electrons. The molecule has 0 aliphatic heterocycles. The number of hydrogen-bond donors (Lipinski definition) is 0. The Kier molecular flexibility index (Phi) is 8.30. The first-order valence-corrected chi connectivity index (χ1v) is 9.99. The molecule has 1 aromatic carbocycles. The van der Waals surface area contributed by atoms with E-state index in [9.17, 15) is 9.59 Å². The largest absolute Gasteiger partial charge is 0.467 e. The van der Waals surface area contributed by atoms with Crippen LogP contribution in [-0.2, 0) is 22.6 Å².